The maximum absolute atomic E-state index is 3.78. The monoisotopic (exact) mass is 195 g/mol. The second-order valence-electron chi connectivity index (χ2n) is 4.05. The predicted octanol–water partition coefficient (Wildman–Crippen LogP) is 3.83. The summed E-state index contributed by atoms with van der Waals surface area (Å²) in [7, 11) is 0. The minimum Gasteiger partial charge on any atom is -0.377 e. The van der Waals surface area contributed by atoms with Gasteiger partial charge in [0.15, 0.2) is 0 Å². The second-order valence-corrected chi connectivity index (χ2v) is 4.05. The molecule has 1 atom stereocenters. The van der Waals surface area contributed by atoms with E-state index in [-0.39, 0.29) is 0 Å². The molecule has 0 radical (unpaired) electrons. The number of hydrogen-bond acceptors (Lipinski definition) is 1. The highest BCUT2D eigenvalue weighted by Crippen LogP contribution is 2.08. The molecule has 0 aromatic carbocycles. The lowest BCUT2D eigenvalue weighted by Crippen LogP contribution is -2.23. The minimum absolute atomic E-state index is 0.702. The molecule has 1 nitrogen and oxygen atoms in total. The van der Waals surface area contributed by atoms with Crippen LogP contribution >= 0.6 is 0 Å². The molecule has 0 amide bonds. The van der Waals surface area contributed by atoms with Crippen molar-refractivity contribution in [1.82, 2.24) is 4.90 Å². The van der Waals surface area contributed by atoms with Crippen molar-refractivity contribution in [2.24, 2.45) is 5.92 Å². The van der Waals surface area contributed by atoms with Gasteiger partial charge in [0, 0.05) is 13.1 Å². The van der Waals surface area contributed by atoms with Crippen molar-refractivity contribution in [1.29, 1.82) is 0 Å². The van der Waals surface area contributed by atoms with Gasteiger partial charge in [0.2, 0.25) is 0 Å². The molecule has 0 N–H and O–H groups in total. The first-order valence-electron chi connectivity index (χ1n) is 5.66. The maximum atomic E-state index is 3.78. The lowest BCUT2D eigenvalue weighted by atomic mass is 10.1. The van der Waals surface area contributed by atoms with Gasteiger partial charge in [-0.25, -0.2) is 0 Å². The van der Waals surface area contributed by atoms with E-state index in [2.05, 4.69) is 45.4 Å². The van der Waals surface area contributed by atoms with Crippen molar-refractivity contribution in [3.63, 3.8) is 0 Å². The molecule has 14 heavy (non-hydrogen) atoms. The Balaban J connectivity index is 4.08. The molecule has 0 saturated carbocycles. The normalized spacial score (nSPS) is 13.9. The standard InChI is InChI=1S/C13H25N/c1-6-9-13(5)11-14(8-3)10-12(4)7-2/h6,10,13H,1,7-9,11H2,2-5H3/b12-10-. The first-order valence-corrected chi connectivity index (χ1v) is 5.66. The third-order valence-corrected chi connectivity index (χ3v) is 2.48. The van der Waals surface area contributed by atoms with Crippen LogP contribution in [-0.2, 0) is 0 Å². The highest BCUT2D eigenvalue weighted by molar-refractivity contribution is 4.96. The van der Waals surface area contributed by atoms with E-state index < -0.39 is 0 Å². The highest BCUT2D eigenvalue weighted by atomic mass is 15.1. The van der Waals surface area contributed by atoms with Gasteiger partial charge in [0.25, 0.3) is 0 Å². The SMILES string of the molecule is C=CCC(C)CN(/C=C(/C)CC)CC. The van der Waals surface area contributed by atoms with E-state index in [1.54, 1.807) is 0 Å². The van der Waals surface area contributed by atoms with Gasteiger partial charge >= 0.3 is 0 Å². The van der Waals surface area contributed by atoms with E-state index >= 15 is 0 Å². The Morgan fingerprint density at radius 2 is 2.07 bits per heavy atom. The van der Waals surface area contributed by atoms with Crippen LogP contribution in [0.5, 0.6) is 0 Å². The van der Waals surface area contributed by atoms with E-state index in [1.165, 1.54) is 5.57 Å². The number of rotatable bonds is 7. The molecule has 0 rings (SSSR count). The van der Waals surface area contributed by atoms with Crippen LogP contribution in [0.4, 0.5) is 0 Å². The fraction of sp³-hybridized carbons (Fsp3) is 0.692. The van der Waals surface area contributed by atoms with E-state index in [0.717, 1.165) is 25.9 Å². The van der Waals surface area contributed by atoms with Gasteiger partial charge in [-0.15, -0.1) is 6.58 Å². The topological polar surface area (TPSA) is 3.24 Å². The molecule has 0 aliphatic heterocycles. The van der Waals surface area contributed by atoms with Gasteiger partial charge in [-0.05, 0) is 38.8 Å². The molecule has 0 aromatic rings. The summed E-state index contributed by atoms with van der Waals surface area (Å²) in [5, 5.41) is 0. The van der Waals surface area contributed by atoms with Gasteiger partial charge in [0.05, 0.1) is 0 Å². The largest absolute Gasteiger partial charge is 0.377 e. The summed E-state index contributed by atoms with van der Waals surface area (Å²) in [6.45, 7) is 14.9. The van der Waals surface area contributed by atoms with Crippen LogP contribution in [0.3, 0.4) is 0 Å². The molecular weight excluding hydrogens is 170 g/mol. The van der Waals surface area contributed by atoms with Gasteiger partial charge in [0.1, 0.15) is 0 Å². The van der Waals surface area contributed by atoms with E-state index in [4.69, 9.17) is 0 Å². The van der Waals surface area contributed by atoms with E-state index in [0.29, 0.717) is 5.92 Å². The Morgan fingerprint density at radius 3 is 2.50 bits per heavy atom. The average Bonchev–Trinajstić information content (AvgIpc) is 2.16. The Kier molecular flexibility index (Phi) is 7.27. The van der Waals surface area contributed by atoms with Gasteiger partial charge < -0.3 is 4.90 Å². The second kappa shape index (κ2) is 7.66. The van der Waals surface area contributed by atoms with Crippen LogP contribution in [0.15, 0.2) is 24.4 Å². The zero-order chi connectivity index (χ0) is 11.0. The number of allylic oxidation sites excluding steroid dienone is 2. The Labute approximate surface area is 89.5 Å². The predicted molar refractivity (Wildman–Crippen MR) is 65.3 cm³/mol. The average molecular weight is 195 g/mol. The third-order valence-electron chi connectivity index (χ3n) is 2.48. The first kappa shape index (κ1) is 13.3. The van der Waals surface area contributed by atoms with Crippen molar-refractivity contribution in [2.45, 2.75) is 40.5 Å². The molecule has 0 saturated heterocycles. The van der Waals surface area contributed by atoms with Gasteiger partial charge in [-0.1, -0.05) is 25.5 Å². The number of hydrogen-bond donors (Lipinski definition) is 0. The molecule has 0 aromatic heterocycles. The van der Waals surface area contributed by atoms with Crippen molar-refractivity contribution >= 4 is 0 Å². The highest BCUT2D eigenvalue weighted by Gasteiger charge is 2.03. The Bertz CT molecular complexity index is 182. The lowest BCUT2D eigenvalue weighted by molar-refractivity contribution is 0.331. The van der Waals surface area contributed by atoms with Gasteiger partial charge in [-0.2, -0.15) is 0 Å². The zero-order valence-electron chi connectivity index (χ0n) is 10.2. The summed E-state index contributed by atoms with van der Waals surface area (Å²) >= 11 is 0. The molecule has 0 spiro atoms. The lowest BCUT2D eigenvalue weighted by Gasteiger charge is -2.23. The van der Waals surface area contributed by atoms with Crippen molar-refractivity contribution < 1.29 is 0 Å². The van der Waals surface area contributed by atoms with Crippen molar-refractivity contribution in [3.8, 4) is 0 Å². The molecule has 1 heteroatoms. The summed E-state index contributed by atoms with van der Waals surface area (Å²) in [6, 6.07) is 0. The summed E-state index contributed by atoms with van der Waals surface area (Å²) < 4.78 is 0. The summed E-state index contributed by atoms with van der Waals surface area (Å²) in [5.41, 5.74) is 1.46. The fourth-order valence-electron chi connectivity index (χ4n) is 1.44. The van der Waals surface area contributed by atoms with Crippen LogP contribution in [-0.4, -0.2) is 18.0 Å². The first-order chi connectivity index (χ1) is 6.63. The van der Waals surface area contributed by atoms with E-state index in [9.17, 15) is 0 Å². The maximum Gasteiger partial charge on any atom is 0.0201 e. The van der Waals surface area contributed by atoms with Crippen LogP contribution in [0.25, 0.3) is 0 Å². The van der Waals surface area contributed by atoms with Crippen LogP contribution in [0.2, 0.25) is 0 Å². The molecule has 0 aliphatic rings. The third kappa shape index (κ3) is 5.85. The molecule has 82 valence electrons. The zero-order valence-corrected chi connectivity index (χ0v) is 10.2. The molecular formula is C13H25N. The quantitative estimate of drug-likeness (QED) is 0.558. The molecule has 0 aliphatic carbocycles. The molecule has 0 heterocycles. The van der Waals surface area contributed by atoms with Crippen molar-refractivity contribution in [2.75, 3.05) is 13.1 Å². The van der Waals surface area contributed by atoms with Crippen LogP contribution in [0, 0.1) is 5.92 Å². The van der Waals surface area contributed by atoms with Gasteiger partial charge in [-0.3, -0.25) is 0 Å². The summed E-state index contributed by atoms with van der Waals surface area (Å²) in [4.78, 5) is 2.40. The van der Waals surface area contributed by atoms with E-state index in [1.807, 2.05) is 6.08 Å². The smallest absolute Gasteiger partial charge is 0.0201 e. The van der Waals surface area contributed by atoms with Crippen molar-refractivity contribution in [3.05, 3.63) is 24.4 Å². The molecule has 0 fully saturated rings. The molecule has 1 unspecified atom stereocenters. The van der Waals surface area contributed by atoms with Crippen LogP contribution in [0.1, 0.15) is 40.5 Å². The summed E-state index contributed by atoms with van der Waals surface area (Å²) in [6.07, 6.45) is 6.55. The Morgan fingerprint density at radius 1 is 1.43 bits per heavy atom. The molecule has 0 bridgehead atoms. The fourth-order valence-corrected chi connectivity index (χ4v) is 1.44. The number of nitrogens with zero attached hydrogens (tertiary/aromatic N) is 1. The van der Waals surface area contributed by atoms with Crippen LogP contribution < -0.4 is 0 Å². The summed E-state index contributed by atoms with van der Waals surface area (Å²) in [5.74, 6) is 0.702. The Hall–Kier alpha value is -0.720. The minimum atomic E-state index is 0.702.